The smallest absolute Gasteiger partial charge is 0.308 e. The number of ether oxygens (including phenoxy) is 1. The Morgan fingerprint density at radius 3 is 2.75 bits per heavy atom. The first-order valence-corrected chi connectivity index (χ1v) is 7.68. The van der Waals surface area contributed by atoms with Crippen LogP contribution in [0.5, 0.6) is 0 Å². The van der Waals surface area contributed by atoms with Crippen molar-refractivity contribution in [2.45, 2.75) is 51.6 Å². The first-order valence-electron chi connectivity index (χ1n) is 7.68. The normalized spacial score (nSPS) is 31.1. The lowest BCUT2D eigenvalue weighted by Crippen LogP contribution is -2.44. The molecule has 0 spiro atoms. The second-order valence-electron chi connectivity index (χ2n) is 6.22. The van der Waals surface area contributed by atoms with Crippen LogP contribution in [0.15, 0.2) is 0 Å². The van der Waals surface area contributed by atoms with Crippen LogP contribution < -0.4 is 0 Å². The number of hydrogen-bond acceptors (Lipinski definition) is 3. The van der Waals surface area contributed by atoms with Gasteiger partial charge in [0.1, 0.15) is 6.61 Å². The summed E-state index contributed by atoms with van der Waals surface area (Å²) in [5.74, 6) is -0.601. The summed E-state index contributed by atoms with van der Waals surface area (Å²) in [6, 6.07) is 0. The van der Waals surface area contributed by atoms with Crippen molar-refractivity contribution in [2.24, 2.45) is 11.8 Å². The molecule has 1 aliphatic heterocycles. The van der Waals surface area contributed by atoms with E-state index in [0.717, 1.165) is 19.3 Å². The molecule has 20 heavy (non-hydrogen) atoms. The van der Waals surface area contributed by atoms with Crippen molar-refractivity contribution in [3.05, 3.63) is 0 Å². The van der Waals surface area contributed by atoms with Crippen molar-refractivity contribution in [1.82, 2.24) is 4.90 Å². The number of carboxylic acids is 1. The highest BCUT2D eigenvalue weighted by atomic mass is 16.5. The molecule has 5 nitrogen and oxygen atoms in total. The Kier molecular flexibility index (Phi) is 5.40. The van der Waals surface area contributed by atoms with Crippen molar-refractivity contribution in [1.29, 1.82) is 0 Å². The van der Waals surface area contributed by atoms with Crippen LogP contribution in [-0.2, 0) is 14.3 Å². The van der Waals surface area contributed by atoms with E-state index in [1.807, 2.05) is 0 Å². The zero-order valence-electron chi connectivity index (χ0n) is 12.2. The highest BCUT2D eigenvalue weighted by Crippen LogP contribution is 2.25. The van der Waals surface area contributed by atoms with E-state index in [1.54, 1.807) is 4.90 Å². The summed E-state index contributed by atoms with van der Waals surface area (Å²) >= 11 is 0. The second kappa shape index (κ2) is 7.07. The predicted octanol–water partition coefficient (Wildman–Crippen LogP) is 1.90. The van der Waals surface area contributed by atoms with Gasteiger partial charge in [-0.1, -0.05) is 19.8 Å². The maximum Gasteiger partial charge on any atom is 0.308 e. The lowest BCUT2D eigenvalue weighted by atomic mass is 9.89. The first-order chi connectivity index (χ1) is 9.56. The number of carboxylic acid groups (broad SMARTS) is 1. The Bertz CT molecular complexity index is 358. The fraction of sp³-hybridized carbons (Fsp3) is 0.867. The van der Waals surface area contributed by atoms with Gasteiger partial charge in [0, 0.05) is 13.1 Å². The maximum atomic E-state index is 12.1. The molecule has 2 fully saturated rings. The van der Waals surface area contributed by atoms with E-state index in [9.17, 15) is 9.59 Å². The van der Waals surface area contributed by atoms with Gasteiger partial charge in [0.25, 0.3) is 0 Å². The lowest BCUT2D eigenvalue weighted by molar-refractivity contribution is -0.148. The van der Waals surface area contributed by atoms with E-state index < -0.39 is 11.9 Å². The molecule has 0 aromatic rings. The van der Waals surface area contributed by atoms with Gasteiger partial charge in [-0.15, -0.1) is 0 Å². The van der Waals surface area contributed by atoms with Gasteiger partial charge in [0.05, 0.1) is 12.0 Å². The van der Waals surface area contributed by atoms with Crippen molar-refractivity contribution >= 4 is 11.9 Å². The monoisotopic (exact) mass is 283 g/mol. The van der Waals surface area contributed by atoms with E-state index in [0.29, 0.717) is 25.4 Å². The Balaban J connectivity index is 1.75. The highest BCUT2D eigenvalue weighted by molar-refractivity contribution is 5.79. The highest BCUT2D eigenvalue weighted by Gasteiger charge is 2.28. The summed E-state index contributed by atoms with van der Waals surface area (Å²) in [7, 11) is 0. The summed E-state index contributed by atoms with van der Waals surface area (Å²) in [6.07, 6.45) is 6.12. The molecule has 0 aromatic carbocycles. The molecule has 2 rings (SSSR count). The molecule has 3 atom stereocenters. The molecule has 5 heteroatoms. The van der Waals surface area contributed by atoms with Crippen LogP contribution in [0, 0.1) is 11.8 Å². The molecule has 0 aromatic heterocycles. The van der Waals surface area contributed by atoms with Crippen molar-refractivity contribution in [3.63, 3.8) is 0 Å². The third-order valence-electron chi connectivity index (χ3n) is 4.45. The molecule has 1 saturated heterocycles. The molecule has 1 saturated carbocycles. The van der Waals surface area contributed by atoms with E-state index in [4.69, 9.17) is 9.84 Å². The summed E-state index contributed by atoms with van der Waals surface area (Å²) in [6.45, 7) is 3.31. The molecule has 114 valence electrons. The van der Waals surface area contributed by atoms with Crippen LogP contribution in [-0.4, -0.2) is 47.7 Å². The van der Waals surface area contributed by atoms with Gasteiger partial charge in [-0.25, -0.2) is 0 Å². The molecule has 1 aliphatic carbocycles. The van der Waals surface area contributed by atoms with Gasteiger partial charge >= 0.3 is 5.97 Å². The number of carbonyl (C=O) groups excluding carboxylic acids is 1. The third kappa shape index (κ3) is 4.20. The number of nitrogens with zero attached hydrogens (tertiary/aromatic N) is 1. The number of rotatable bonds is 4. The number of likely N-dealkylation sites (tertiary alicyclic amines) is 1. The number of hydrogen-bond donors (Lipinski definition) is 1. The van der Waals surface area contributed by atoms with E-state index in [1.165, 1.54) is 12.8 Å². The molecular weight excluding hydrogens is 258 g/mol. The SMILES string of the molecule is C[C@@H]1CCC[C@@H](OCC(=O)N2CCC[C@H](C(=O)O)C2)C1. The van der Waals surface area contributed by atoms with Crippen LogP contribution in [0.2, 0.25) is 0 Å². The van der Waals surface area contributed by atoms with Gasteiger partial charge in [-0.2, -0.15) is 0 Å². The Morgan fingerprint density at radius 2 is 2.05 bits per heavy atom. The fourth-order valence-electron chi connectivity index (χ4n) is 3.22. The topological polar surface area (TPSA) is 66.8 Å². The average Bonchev–Trinajstić information content (AvgIpc) is 2.45. The van der Waals surface area contributed by atoms with Crippen LogP contribution in [0.3, 0.4) is 0 Å². The summed E-state index contributed by atoms with van der Waals surface area (Å²) in [5, 5.41) is 9.03. The average molecular weight is 283 g/mol. The van der Waals surface area contributed by atoms with Crippen molar-refractivity contribution in [3.8, 4) is 0 Å². The number of amides is 1. The predicted molar refractivity (Wildman–Crippen MR) is 74.3 cm³/mol. The number of piperidine rings is 1. The number of carbonyl (C=O) groups is 2. The Morgan fingerprint density at radius 1 is 1.25 bits per heavy atom. The molecule has 2 aliphatic rings. The summed E-state index contributed by atoms with van der Waals surface area (Å²) < 4.78 is 5.73. The quantitative estimate of drug-likeness (QED) is 0.855. The first kappa shape index (κ1) is 15.3. The maximum absolute atomic E-state index is 12.1. The minimum absolute atomic E-state index is 0.0609. The Hall–Kier alpha value is -1.10. The van der Waals surface area contributed by atoms with Crippen LogP contribution in [0.4, 0.5) is 0 Å². The van der Waals surface area contributed by atoms with Crippen molar-refractivity contribution in [2.75, 3.05) is 19.7 Å². The molecule has 1 N–H and O–H groups in total. The van der Waals surface area contributed by atoms with Crippen molar-refractivity contribution < 1.29 is 19.4 Å². The van der Waals surface area contributed by atoms with E-state index in [2.05, 4.69) is 6.92 Å². The third-order valence-corrected chi connectivity index (χ3v) is 4.45. The lowest BCUT2D eigenvalue weighted by Gasteiger charge is -2.32. The minimum Gasteiger partial charge on any atom is -0.481 e. The van der Waals surface area contributed by atoms with Crippen LogP contribution in [0.25, 0.3) is 0 Å². The molecule has 0 unspecified atom stereocenters. The summed E-state index contributed by atoms with van der Waals surface area (Å²) in [4.78, 5) is 24.7. The van der Waals surface area contributed by atoms with Gasteiger partial charge < -0.3 is 14.7 Å². The van der Waals surface area contributed by atoms with Crippen LogP contribution in [0.1, 0.15) is 45.4 Å². The Labute approximate surface area is 120 Å². The largest absolute Gasteiger partial charge is 0.481 e. The minimum atomic E-state index is -0.801. The van der Waals surface area contributed by atoms with E-state index in [-0.39, 0.29) is 18.6 Å². The van der Waals surface area contributed by atoms with E-state index >= 15 is 0 Å². The second-order valence-corrected chi connectivity index (χ2v) is 6.22. The van der Waals surface area contributed by atoms with Gasteiger partial charge in [0.15, 0.2) is 0 Å². The van der Waals surface area contributed by atoms with Gasteiger partial charge in [0.2, 0.25) is 5.91 Å². The van der Waals surface area contributed by atoms with Gasteiger partial charge in [-0.3, -0.25) is 9.59 Å². The number of aliphatic carboxylic acids is 1. The molecule has 0 bridgehead atoms. The molecule has 1 heterocycles. The fourth-order valence-corrected chi connectivity index (χ4v) is 3.22. The standard InChI is InChI=1S/C15H25NO4/c1-11-4-2-6-13(8-11)20-10-14(17)16-7-3-5-12(9-16)15(18)19/h11-13H,2-10H2,1H3,(H,18,19)/t11-,12+,13-/m1/s1. The van der Waals surface area contributed by atoms with Gasteiger partial charge in [-0.05, 0) is 31.6 Å². The molecule has 1 amide bonds. The molecular formula is C15H25NO4. The zero-order valence-corrected chi connectivity index (χ0v) is 12.2. The summed E-state index contributed by atoms with van der Waals surface area (Å²) in [5.41, 5.74) is 0. The molecule has 0 radical (unpaired) electrons. The zero-order chi connectivity index (χ0) is 14.5. The van der Waals surface area contributed by atoms with Crippen LogP contribution >= 0.6 is 0 Å².